The topological polar surface area (TPSA) is 55.4 Å². The van der Waals surface area contributed by atoms with Crippen molar-refractivity contribution in [2.24, 2.45) is 0 Å². The van der Waals surface area contributed by atoms with E-state index in [9.17, 15) is 0 Å². The number of rotatable bonds is 0. The molecule has 0 fully saturated rings. The van der Waals surface area contributed by atoms with Crippen LogP contribution in [0.1, 0.15) is 0 Å². The molecule has 0 atom stereocenters. The molecule has 0 unspecified atom stereocenters. The first-order valence-corrected chi connectivity index (χ1v) is 16.3. The van der Waals surface area contributed by atoms with Gasteiger partial charge < -0.3 is 28.4 Å². The Bertz CT molecular complexity index is 2530. The highest BCUT2D eigenvalue weighted by atomic mass is 16.7. The quantitative estimate of drug-likeness (QED) is 0.165. The lowest BCUT2D eigenvalue weighted by molar-refractivity contribution is 0.0914. The molecule has 3 aliphatic rings. The molecular weight excluding hydrogens is 612 g/mol. The second-order valence-electron chi connectivity index (χ2n) is 12.4. The Labute approximate surface area is 280 Å². The minimum Gasteiger partial charge on any atom is -0.457 e. The van der Waals surface area contributed by atoms with Crippen molar-refractivity contribution in [3.8, 4) is 67.9 Å². The number of fused-ring (bicyclic) bond motifs is 21. The SMILES string of the molecule is c1ccc2c3c(ccc2c1)OCOc1c2c(c4ccccc4c1-3)-c1c(c3c(c4ccccc14)-c1c(ccc4ccccc14)OCO3)OCO2. The summed E-state index contributed by atoms with van der Waals surface area (Å²) in [6.45, 7) is 0.0274. The Balaban J connectivity index is 1.31. The van der Waals surface area contributed by atoms with Crippen LogP contribution in [0.5, 0.6) is 34.5 Å². The molecule has 11 rings (SSSR count). The molecule has 0 spiro atoms. The number of benzene rings is 8. The van der Waals surface area contributed by atoms with E-state index in [2.05, 4.69) is 109 Å². The first kappa shape index (κ1) is 26.6. The Morgan fingerprint density at radius 1 is 0.265 bits per heavy atom. The number of ether oxygens (including phenoxy) is 6. The van der Waals surface area contributed by atoms with E-state index >= 15 is 0 Å². The highest BCUT2D eigenvalue weighted by molar-refractivity contribution is 6.22. The zero-order valence-electron chi connectivity index (χ0n) is 26.1. The highest BCUT2D eigenvalue weighted by Crippen LogP contribution is 2.61. The minimum atomic E-state index is -0.0468. The minimum absolute atomic E-state index is 0.0371. The van der Waals surface area contributed by atoms with Gasteiger partial charge >= 0.3 is 0 Å². The third kappa shape index (κ3) is 3.65. The highest BCUT2D eigenvalue weighted by Gasteiger charge is 2.36. The monoisotopic (exact) mass is 638 g/mol. The lowest BCUT2D eigenvalue weighted by Gasteiger charge is -2.22. The van der Waals surface area contributed by atoms with Gasteiger partial charge in [-0.3, -0.25) is 0 Å². The third-order valence-corrected chi connectivity index (χ3v) is 10.0. The number of hydrogen-bond acceptors (Lipinski definition) is 6. The average Bonchev–Trinajstić information content (AvgIpc) is 3.58. The smallest absolute Gasteiger partial charge is 0.231 e. The molecule has 0 N–H and O–H groups in total. The lowest BCUT2D eigenvalue weighted by atomic mass is 9.84. The van der Waals surface area contributed by atoms with E-state index < -0.39 is 0 Å². The second-order valence-corrected chi connectivity index (χ2v) is 12.4. The maximum atomic E-state index is 6.64. The predicted octanol–water partition coefficient (Wildman–Crippen LogP) is 10.5. The van der Waals surface area contributed by atoms with Gasteiger partial charge in [0, 0.05) is 33.4 Å². The Kier molecular flexibility index (Phi) is 5.47. The van der Waals surface area contributed by atoms with Gasteiger partial charge in [0.1, 0.15) is 11.5 Å². The first-order valence-electron chi connectivity index (χ1n) is 16.3. The molecule has 3 heterocycles. The van der Waals surface area contributed by atoms with Crippen molar-refractivity contribution < 1.29 is 28.4 Å². The van der Waals surface area contributed by atoms with E-state index in [0.29, 0.717) is 23.0 Å². The fraction of sp³-hybridized carbons (Fsp3) is 0.0698. The van der Waals surface area contributed by atoms with Crippen LogP contribution in [-0.4, -0.2) is 20.4 Å². The van der Waals surface area contributed by atoms with E-state index in [4.69, 9.17) is 28.4 Å². The zero-order chi connectivity index (χ0) is 32.1. The Morgan fingerprint density at radius 2 is 0.571 bits per heavy atom. The van der Waals surface area contributed by atoms with E-state index in [0.717, 1.165) is 88.0 Å². The van der Waals surface area contributed by atoms with Crippen LogP contribution in [0.25, 0.3) is 76.5 Å². The fourth-order valence-electron chi connectivity index (χ4n) is 8.04. The summed E-state index contributed by atoms with van der Waals surface area (Å²) in [6, 6.07) is 41.8. The average molecular weight is 639 g/mol. The van der Waals surface area contributed by atoms with Crippen molar-refractivity contribution in [2.75, 3.05) is 20.4 Å². The van der Waals surface area contributed by atoms with E-state index in [1.54, 1.807) is 0 Å². The molecule has 6 heteroatoms. The summed E-state index contributed by atoms with van der Waals surface area (Å²) in [5.74, 6) is 4.00. The lowest BCUT2D eigenvalue weighted by Crippen LogP contribution is -2.09. The standard InChI is InChI=1S/C43H26O6/c1-3-11-26-24(9-1)17-19-32-34(26)36-28-13-5-7-15-30(28)38-39-31-16-8-6-14-29(31)37-35-27-12-4-2-10-25(27)18-20-33(35)45-22-47-41(37)43(39)49-23-48-42(38)40(36)46-21-44-32/h1-20H,21-23H2. The molecule has 0 saturated heterocycles. The van der Waals surface area contributed by atoms with Gasteiger partial charge in [0.25, 0.3) is 0 Å². The zero-order valence-corrected chi connectivity index (χ0v) is 26.1. The van der Waals surface area contributed by atoms with Gasteiger partial charge in [-0.25, -0.2) is 0 Å². The van der Waals surface area contributed by atoms with Gasteiger partial charge in [-0.1, -0.05) is 109 Å². The summed E-state index contributed by atoms with van der Waals surface area (Å²) in [6.07, 6.45) is 0. The Hall–Kier alpha value is -6.40. The van der Waals surface area contributed by atoms with Crippen molar-refractivity contribution >= 4 is 43.1 Å². The molecule has 0 radical (unpaired) electrons. The molecule has 8 aromatic rings. The van der Waals surface area contributed by atoms with Crippen molar-refractivity contribution in [3.05, 3.63) is 121 Å². The van der Waals surface area contributed by atoms with Gasteiger partial charge in [-0.05, 0) is 55.2 Å². The summed E-state index contributed by atoms with van der Waals surface area (Å²) in [4.78, 5) is 0. The normalized spacial score (nSPS) is 14.0. The molecule has 3 aliphatic heterocycles. The largest absolute Gasteiger partial charge is 0.457 e. The molecule has 0 amide bonds. The molecule has 8 aromatic carbocycles. The van der Waals surface area contributed by atoms with Crippen molar-refractivity contribution in [1.82, 2.24) is 0 Å². The molecule has 6 nitrogen and oxygen atoms in total. The Morgan fingerprint density at radius 3 is 0.959 bits per heavy atom. The van der Waals surface area contributed by atoms with Crippen LogP contribution >= 0.6 is 0 Å². The van der Waals surface area contributed by atoms with Crippen LogP contribution in [-0.2, 0) is 0 Å². The maximum absolute atomic E-state index is 6.64. The number of hydrogen-bond donors (Lipinski definition) is 0. The molecule has 0 bridgehead atoms. The van der Waals surface area contributed by atoms with E-state index in [-0.39, 0.29) is 20.4 Å². The van der Waals surface area contributed by atoms with Gasteiger partial charge in [0.15, 0.2) is 23.0 Å². The van der Waals surface area contributed by atoms with Crippen molar-refractivity contribution in [3.63, 3.8) is 0 Å². The van der Waals surface area contributed by atoms with Crippen LogP contribution < -0.4 is 28.4 Å². The summed E-state index contributed by atoms with van der Waals surface area (Å²) < 4.78 is 38.9. The summed E-state index contributed by atoms with van der Waals surface area (Å²) in [7, 11) is 0. The van der Waals surface area contributed by atoms with Crippen molar-refractivity contribution in [2.45, 2.75) is 0 Å². The van der Waals surface area contributed by atoms with Gasteiger partial charge in [-0.2, -0.15) is 0 Å². The summed E-state index contributed by atoms with van der Waals surface area (Å²) in [5, 5.41) is 8.46. The predicted molar refractivity (Wildman–Crippen MR) is 191 cm³/mol. The summed E-state index contributed by atoms with van der Waals surface area (Å²) in [5.41, 5.74) is 5.61. The van der Waals surface area contributed by atoms with Crippen molar-refractivity contribution in [1.29, 1.82) is 0 Å². The maximum Gasteiger partial charge on any atom is 0.231 e. The van der Waals surface area contributed by atoms with Gasteiger partial charge in [0.05, 0.1) is 0 Å². The molecule has 0 aliphatic carbocycles. The molecular formula is C43H26O6. The van der Waals surface area contributed by atoms with Crippen LogP contribution in [0.15, 0.2) is 121 Å². The third-order valence-electron chi connectivity index (χ3n) is 10.0. The summed E-state index contributed by atoms with van der Waals surface area (Å²) >= 11 is 0. The molecule has 0 aromatic heterocycles. The molecule has 0 saturated carbocycles. The molecule has 49 heavy (non-hydrogen) atoms. The van der Waals surface area contributed by atoms with Crippen LogP contribution in [0.2, 0.25) is 0 Å². The van der Waals surface area contributed by atoms with Crippen LogP contribution in [0.3, 0.4) is 0 Å². The first-order chi connectivity index (χ1) is 24.3. The van der Waals surface area contributed by atoms with Crippen LogP contribution in [0, 0.1) is 0 Å². The van der Waals surface area contributed by atoms with E-state index in [1.165, 1.54) is 0 Å². The van der Waals surface area contributed by atoms with E-state index in [1.807, 2.05) is 12.1 Å². The second kappa shape index (κ2) is 10.1. The molecule has 234 valence electrons. The fourth-order valence-corrected chi connectivity index (χ4v) is 8.04. The van der Waals surface area contributed by atoms with Gasteiger partial charge in [-0.15, -0.1) is 0 Å². The van der Waals surface area contributed by atoms with Gasteiger partial charge in [0.2, 0.25) is 20.4 Å². The van der Waals surface area contributed by atoms with Crippen LogP contribution in [0.4, 0.5) is 0 Å².